The molecule has 0 bridgehead atoms. The number of methoxy groups -OCH3 is 1. The number of urea groups is 1. The highest BCUT2D eigenvalue weighted by Gasteiger charge is 2.17. The number of hydrogen-bond acceptors (Lipinski definition) is 3. The quantitative estimate of drug-likeness (QED) is 0.683. The first-order chi connectivity index (χ1) is 9.92. The minimum atomic E-state index is -0.790. The van der Waals surface area contributed by atoms with Crippen molar-refractivity contribution in [3.8, 4) is 17.0 Å². The number of aryl methyl sites for hydroxylation is 1. The van der Waals surface area contributed by atoms with Crippen LogP contribution in [0.5, 0.6) is 5.75 Å². The van der Waals surface area contributed by atoms with Crippen molar-refractivity contribution < 1.29 is 14.3 Å². The number of hydrogen-bond donors (Lipinski definition) is 4. The molecule has 6 N–H and O–H groups in total. The smallest absolute Gasteiger partial charge is 0.317 e. The maximum Gasteiger partial charge on any atom is 0.317 e. The molecular formula is C14H16N4O3. The average molecular weight is 288 g/mol. The first kappa shape index (κ1) is 14.4. The van der Waals surface area contributed by atoms with Gasteiger partial charge in [-0.25, -0.2) is 4.79 Å². The summed E-state index contributed by atoms with van der Waals surface area (Å²) in [6.07, 6.45) is 0. The number of primary amides is 2. The summed E-state index contributed by atoms with van der Waals surface area (Å²) in [6, 6.07) is 6.37. The Kier molecular flexibility index (Phi) is 3.84. The van der Waals surface area contributed by atoms with E-state index >= 15 is 0 Å². The molecule has 0 aliphatic heterocycles. The van der Waals surface area contributed by atoms with Gasteiger partial charge < -0.3 is 21.2 Å². The summed E-state index contributed by atoms with van der Waals surface area (Å²) >= 11 is 0. The maximum absolute atomic E-state index is 11.4. The van der Waals surface area contributed by atoms with Crippen LogP contribution in [-0.2, 0) is 0 Å². The summed E-state index contributed by atoms with van der Waals surface area (Å²) in [5.74, 6) is 0.116. The lowest BCUT2D eigenvalue weighted by atomic mass is 10.1. The molecule has 110 valence electrons. The van der Waals surface area contributed by atoms with Crippen molar-refractivity contribution in [1.82, 2.24) is 4.98 Å². The van der Waals surface area contributed by atoms with Crippen LogP contribution >= 0.6 is 0 Å². The second kappa shape index (κ2) is 5.58. The normalized spacial score (nSPS) is 10.2. The SMILES string of the molecule is COc1ccc(C)cc1-c1cc(C(N)=O)c(NC(N)=O)[nH]1. The Morgan fingerprint density at radius 1 is 1.24 bits per heavy atom. The molecule has 1 aromatic heterocycles. The summed E-state index contributed by atoms with van der Waals surface area (Å²) in [5, 5.41) is 2.34. The number of nitrogens with one attached hydrogen (secondary N) is 2. The van der Waals surface area contributed by atoms with Gasteiger partial charge in [0, 0.05) is 5.56 Å². The summed E-state index contributed by atoms with van der Waals surface area (Å²) in [4.78, 5) is 25.3. The Bertz CT molecular complexity index is 706. The van der Waals surface area contributed by atoms with Gasteiger partial charge in [-0.15, -0.1) is 0 Å². The lowest BCUT2D eigenvalue weighted by Gasteiger charge is -2.08. The fourth-order valence-corrected chi connectivity index (χ4v) is 2.05. The topological polar surface area (TPSA) is 123 Å². The van der Waals surface area contributed by atoms with Crippen LogP contribution in [0.1, 0.15) is 15.9 Å². The van der Waals surface area contributed by atoms with E-state index in [0.29, 0.717) is 11.4 Å². The molecule has 3 amide bonds. The Morgan fingerprint density at radius 2 is 1.95 bits per heavy atom. The molecule has 0 unspecified atom stereocenters. The van der Waals surface area contributed by atoms with Crippen LogP contribution in [0, 0.1) is 6.92 Å². The van der Waals surface area contributed by atoms with Crippen LogP contribution in [0.4, 0.5) is 10.6 Å². The van der Waals surface area contributed by atoms with Crippen molar-refractivity contribution in [2.75, 3.05) is 12.4 Å². The molecule has 0 saturated carbocycles. The zero-order valence-electron chi connectivity index (χ0n) is 11.7. The highest BCUT2D eigenvalue weighted by Crippen LogP contribution is 2.32. The van der Waals surface area contributed by atoms with E-state index in [1.165, 1.54) is 0 Å². The second-order valence-electron chi connectivity index (χ2n) is 4.53. The molecule has 0 atom stereocenters. The molecule has 7 heteroatoms. The van der Waals surface area contributed by atoms with E-state index in [9.17, 15) is 9.59 Å². The number of aromatic nitrogens is 1. The van der Waals surface area contributed by atoms with Crippen LogP contribution in [-0.4, -0.2) is 24.0 Å². The number of anilines is 1. The maximum atomic E-state index is 11.4. The van der Waals surface area contributed by atoms with Gasteiger partial charge in [-0.2, -0.15) is 0 Å². The molecule has 0 aliphatic carbocycles. The fraction of sp³-hybridized carbons (Fsp3) is 0.143. The number of amides is 3. The summed E-state index contributed by atoms with van der Waals surface area (Å²) in [5.41, 5.74) is 12.9. The van der Waals surface area contributed by atoms with E-state index in [-0.39, 0.29) is 11.4 Å². The van der Waals surface area contributed by atoms with Gasteiger partial charge in [-0.1, -0.05) is 11.6 Å². The van der Waals surface area contributed by atoms with E-state index in [2.05, 4.69) is 10.3 Å². The van der Waals surface area contributed by atoms with E-state index in [4.69, 9.17) is 16.2 Å². The third-order valence-corrected chi connectivity index (χ3v) is 2.98. The number of nitrogens with two attached hydrogens (primary N) is 2. The molecule has 0 saturated heterocycles. The Hall–Kier alpha value is -2.96. The van der Waals surface area contributed by atoms with Crippen LogP contribution in [0.15, 0.2) is 24.3 Å². The largest absolute Gasteiger partial charge is 0.496 e. The van der Waals surface area contributed by atoms with Crippen LogP contribution in [0.25, 0.3) is 11.3 Å². The van der Waals surface area contributed by atoms with Crippen molar-refractivity contribution in [2.24, 2.45) is 11.5 Å². The van der Waals surface area contributed by atoms with Gasteiger partial charge in [0.25, 0.3) is 5.91 Å². The summed E-state index contributed by atoms with van der Waals surface area (Å²) < 4.78 is 5.30. The predicted molar refractivity (Wildman–Crippen MR) is 79.2 cm³/mol. The molecule has 0 fully saturated rings. The van der Waals surface area contributed by atoms with Crippen molar-refractivity contribution >= 4 is 17.8 Å². The monoisotopic (exact) mass is 288 g/mol. The first-order valence-electron chi connectivity index (χ1n) is 6.16. The third kappa shape index (κ3) is 2.97. The van der Waals surface area contributed by atoms with Crippen molar-refractivity contribution in [2.45, 2.75) is 6.92 Å². The van der Waals surface area contributed by atoms with Crippen molar-refractivity contribution in [3.63, 3.8) is 0 Å². The molecule has 1 aromatic carbocycles. The van der Waals surface area contributed by atoms with E-state index in [1.807, 2.05) is 25.1 Å². The Labute approximate surface area is 121 Å². The van der Waals surface area contributed by atoms with Gasteiger partial charge in [0.2, 0.25) is 0 Å². The lowest BCUT2D eigenvalue weighted by molar-refractivity contribution is 0.100. The van der Waals surface area contributed by atoms with E-state index in [1.54, 1.807) is 13.2 Å². The number of carbonyl (C=O) groups excluding carboxylic acids is 2. The number of carbonyl (C=O) groups is 2. The molecule has 1 heterocycles. The molecule has 0 radical (unpaired) electrons. The standard InChI is InChI=1S/C14H16N4O3/c1-7-3-4-11(21-2)8(5-7)10-6-9(12(15)19)13(17-10)18-14(16)20/h3-6,17H,1-2H3,(H2,15,19)(H3,16,18,20). The van der Waals surface area contributed by atoms with Crippen LogP contribution in [0.3, 0.4) is 0 Å². The zero-order chi connectivity index (χ0) is 15.6. The van der Waals surface area contributed by atoms with Crippen molar-refractivity contribution in [1.29, 1.82) is 0 Å². The number of aromatic amines is 1. The number of benzene rings is 1. The van der Waals surface area contributed by atoms with E-state index < -0.39 is 11.9 Å². The van der Waals surface area contributed by atoms with Crippen LogP contribution in [0.2, 0.25) is 0 Å². The summed E-state index contributed by atoms with van der Waals surface area (Å²) in [6.45, 7) is 1.93. The van der Waals surface area contributed by atoms with E-state index in [0.717, 1.165) is 11.1 Å². The predicted octanol–water partition coefficient (Wildman–Crippen LogP) is 1.59. The third-order valence-electron chi connectivity index (χ3n) is 2.98. The Balaban J connectivity index is 2.57. The highest BCUT2D eigenvalue weighted by atomic mass is 16.5. The van der Waals surface area contributed by atoms with Gasteiger partial charge in [0.15, 0.2) is 0 Å². The molecule has 2 rings (SSSR count). The fourth-order valence-electron chi connectivity index (χ4n) is 2.05. The second-order valence-corrected chi connectivity index (χ2v) is 4.53. The van der Waals surface area contributed by atoms with Gasteiger partial charge >= 0.3 is 6.03 Å². The van der Waals surface area contributed by atoms with Crippen molar-refractivity contribution in [3.05, 3.63) is 35.4 Å². The van der Waals surface area contributed by atoms with Gasteiger partial charge in [0.1, 0.15) is 11.6 Å². The lowest BCUT2D eigenvalue weighted by Crippen LogP contribution is -2.22. The molecule has 7 nitrogen and oxygen atoms in total. The minimum absolute atomic E-state index is 0.146. The highest BCUT2D eigenvalue weighted by molar-refractivity contribution is 6.03. The van der Waals surface area contributed by atoms with Gasteiger partial charge in [0.05, 0.1) is 18.4 Å². The minimum Gasteiger partial charge on any atom is -0.496 e. The number of ether oxygens (including phenoxy) is 1. The Morgan fingerprint density at radius 3 is 2.52 bits per heavy atom. The molecule has 2 aromatic rings. The molecule has 0 spiro atoms. The number of rotatable bonds is 4. The number of H-pyrrole nitrogens is 1. The van der Waals surface area contributed by atoms with Gasteiger partial charge in [-0.05, 0) is 25.1 Å². The summed E-state index contributed by atoms with van der Waals surface area (Å²) in [7, 11) is 1.55. The molecular weight excluding hydrogens is 272 g/mol. The zero-order valence-corrected chi connectivity index (χ0v) is 11.7. The van der Waals surface area contributed by atoms with Crippen LogP contribution < -0.4 is 21.5 Å². The molecule has 21 heavy (non-hydrogen) atoms. The average Bonchev–Trinajstić information content (AvgIpc) is 2.81. The van der Waals surface area contributed by atoms with Gasteiger partial charge in [-0.3, -0.25) is 10.1 Å². The first-order valence-corrected chi connectivity index (χ1v) is 6.16. The molecule has 0 aliphatic rings.